The molecule has 0 fully saturated rings. The number of aromatic nitrogens is 2. The molecule has 1 aromatic heterocycles. The summed E-state index contributed by atoms with van der Waals surface area (Å²) < 4.78 is 5.36. The third-order valence-corrected chi connectivity index (χ3v) is 2.67. The van der Waals surface area contributed by atoms with Crippen LogP contribution in [0.5, 0.6) is 5.75 Å². The molecule has 0 amide bonds. The molecular weight excluding hydrogens is 240 g/mol. The van der Waals surface area contributed by atoms with Crippen molar-refractivity contribution in [3.63, 3.8) is 0 Å². The third-order valence-electron chi connectivity index (χ3n) is 2.67. The van der Waals surface area contributed by atoms with Crippen LogP contribution in [0.1, 0.15) is 5.82 Å². The smallest absolute Gasteiger partial charge is 0.130 e. The molecule has 0 bridgehead atoms. The van der Waals surface area contributed by atoms with Gasteiger partial charge in [0.2, 0.25) is 0 Å². The van der Waals surface area contributed by atoms with Crippen LogP contribution in [0.3, 0.4) is 0 Å². The fraction of sp³-hybridized carbons (Fsp3) is 0.286. The second-order valence-electron chi connectivity index (χ2n) is 4.10. The summed E-state index contributed by atoms with van der Waals surface area (Å²) in [5.74, 6) is 2.28. The fourth-order valence-electron chi connectivity index (χ4n) is 1.85. The van der Waals surface area contributed by atoms with Crippen molar-refractivity contribution in [2.45, 2.75) is 6.92 Å². The summed E-state index contributed by atoms with van der Waals surface area (Å²) in [5, 5.41) is 3.17. The van der Waals surface area contributed by atoms with Gasteiger partial charge in [-0.3, -0.25) is 0 Å². The van der Waals surface area contributed by atoms with Gasteiger partial charge in [-0.15, -0.1) is 0 Å². The lowest BCUT2D eigenvalue weighted by atomic mass is 10.1. The Morgan fingerprint density at radius 1 is 1.26 bits per heavy atom. The minimum atomic E-state index is 0.563. The Kier molecular flexibility index (Phi) is 4.30. The van der Waals surface area contributed by atoms with E-state index in [1.807, 2.05) is 37.3 Å². The molecule has 0 atom stereocenters. The van der Waals surface area contributed by atoms with Gasteiger partial charge in [-0.1, -0.05) is 12.1 Å². The number of nitrogens with two attached hydrogens (primary N) is 1. The molecule has 0 saturated heterocycles. The number of hydrogen-bond donors (Lipinski definition) is 2. The lowest BCUT2D eigenvalue weighted by molar-refractivity contribution is 0.416. The van der Waals surface area contributed by atoms with Crippen molar-refractivity contribution in [2.75, 3.05) is 25.5 Å². The minimum Gasteiger partial charge on any atom is -0.496 e. The molecule has 19 heavy (non-hydrogen) atoms. The number of nitrogens with zero attached hydrogens (tertiary/aromatic N) is 2. The van der Waals surface area contributed by atoms with Crippen molar-refractivity contribution in [1.29, 1.82) is 0 Å². The molecule has 0 spiro atoms. The molecule has 0 saturated carbocycles. The number of anilines is 1. The summed E-state index contributed by atoms with van der Waals surface area (Å²) in [6.07, 6.45) is 0. The van der Waals surface area contributed by atoms with Gasteiger partial charge in [-0.2, -0.15) is 0 Å². The Morgan fingerprint density at radius 3 is 2.79 bits per heavy atom. The van der Waals surface area contributed by atoms with E-state index in [0.29, 0.717) is 18.9 Å². The van der Waals surface area contributed by atoms with E-state index >= 15 is 0 Å². The molecule has 0 unspecified atom stereocenters. The Labute approximate surface area is 112 Å². The molecular formula is C14H18N4O. The monoisotopic (exact) mass is 258 g/mol. The number of ether oxygens (including phenoxy) is 1. The third kappa shape index (κ3) is 3.20. The molecule has 1 heterocycles. The van der Waals surface area contributed by atoms with Crippen molar-refractivity contribution in [1.82, 2.24) is 9.97 Å². The van der Waals surface area contributed by atoms with Crippen molar-refractivity contribution in [2.24, 2.45) is 5.73 Å². The zero-order valence-electron chi connectivity index (χ0n) is 11.2. The molecule has 2 aromatic rings. The van der Waals surface area contributed by atoms with Crippen LogP contribution < -0.4 is 15.8 Å². The largest absolute Gasteiger partial charge is 0.496 e. The molecule has 0 aliphatic rings. The van der Waals surface area contributed by atoms with E-state index in [4.69, 9.17) is 10.5 Å². The molecule has 1 aromatic carbocycles. The van der Waals surface area contributed by atoms with E-state index in [2.05, 4.69) is 15.3 Å². The first kappa shape index (κ1) is 13.3. The molecule has 5 nitrogen and oxygen atoms in total. The maximum atomic E-state index is 5.48. The van der Waals surface area contributed by atoms with Gasteiger partial charge in [0.05, 0.1) is 12.8 Å². The van der Waals surface area contributed by atoms with Gasteiger partial charge in [0.15, 0.2) is 0 Å². The van der Waals surface area contributed by atoms with E-state index in [0.717, 1.165) is 22.8 Å². The van der Waals surface area contributed by atoms with E-state index in [1.165, 1.54) is 0 Å². The summed E-state index contributed by atoms with van der Waals surface area (Å²) in [4.78, 5) is 8.79. The van der Waals surface area contributed by atoms with E-state index in [1.54, 1.807) is 7.11 Å². The van der Waals surface area contributed by atoms with Crippen LogP contribution in [-0.4, -0.2) is 30.2 Å². The summed E-state index contributed by atoms with van der Waals surface area (Å²) in [6, 6.07) is 9.69. The van der Waals surface area contributed by atoms with Crippen LogP contribution in [-0.2, 0) is 0 Å². The molecule has 5 heteroatoms. The van der Waals surface area contributed by atoms with Crippen molar-refractivity contribution < 1.29 is 4.74 Å². The molecule has 2 rings (SSSR count). The summed E-state index contributed by atoms with van der Waals surface area (Å²) in [7, 11) is 1.65. The Balaban J connectivity index is 2.41. The van der Waals surface area contributed by atoms with Gasteiger partial charge >= 0.3 is 0 Å². The highest BCUT2D eigenvalue weighted by molar-refractivity contribution is 5.69. The standard InChI is InChI=1S/C14H18N4O/c1-10-17-12(9-14(18-10)16-8-7-15)11-5-3-4-6-13(11)19-2/h3-6,9H,7-8,15H2,1-2H3,(H,16,17,18). The zero-order valence-corrected chi connectivity index (χ0v) is 11.2. The van der Waals surface area contributed by atoms with Gasteiger partial charge in [0, 0.05) is 24.7 Å². The van der Waals surface area contributed by atoms with E-state index < -0.39 is 0 Å². The van der Waals surface area contributed by atoms with Crippen molar-refractivity contribution in [3.05, 3.63) is 36.2 Å². The van der Waals surface area contributed by atoms with Crippen LogP contribution >= 0.6 is 0 Å². The quantitative estimate of drug-likeness (QED) is 0.856. The highest BCUT2D eigenvalue weighted by Crippen LogP contribution is 2.29. The normalized spacial score (nSPS) is 10.3. The summed E-state index contributed by atoms with van der Waals surface area (Å²) in [6.45, 7) is 3.11. The van der Waals surface area contributed by atoms with E-state index in [-0.39, 0.29) is 0 Å². The lowest BCUT2D eigenvalue weighted by Crippen LogP contribution is -2.14. The molecule has 100 valence electrons. The van der Waals surface area contributed by atoms with Crippen LogP contribution in [0.15, 0.2) is 30.3 Å². The number of aryl methyl sites for hydroxylation is 1. The van der Waals surface area contributed by atoms with E-state index in [9.17, 15) is 0 Å². The van der Waals surface area contributed by atoms with Crippen LogP contribution in [0, 0.1) is 6.92 Å². The number of methoxy groups -OCH3 is 1. The topological polar surface area (TPSA) is 73.1 Å². The number of para-hydroxylation sites is 1. The number of nitrogens with one attached hydrogen (secondary N) is 1. The van der Waals surface area contributed by atoms with Crippen LogP contribution in [0.4, 0.5) is 5.82 Å². The van der Waals surface area contributed by atoms with Crippen molar-refractivity contribution >= 4 is 5.82 Å². The average Bonchev–Trinajstić information content (AvgIpc) is 2.44. The molecule has 0 aliphatic carbocycles. The summed E-state index contributed by atoms with van der Waals surface area (Å²) in [5.41, 5.74) is 7.27. The van der Waals surface area contributed by atoms with Crippen LogP contribution in [0.25, 0.3) is 11.3 Å². The highest BCUT2D eigenvalue weighted by Gasteiger charge is 2.08. The van der Waals surface area contributed by atoms with Gasteiger partial charge in [-0.25, -0.2) is 9.97 Å². The Bertz CT molecular complexity index is 557. The number of rotatable bonds is 5. The first-order valence-corrected chi connectivity index (χ1v) is 6.17. The zero-order chi connectivity index (χ0) is 13.7. The first-order valence-electron chi connectivity index (χ1n) is 6.17. The lowest BCUT2D eigenvalue weighted by Gasteiger charge is -2.10. The van der Waals surface area contributed by atoms with Gasteiger partial charge < -0.3 is 15.8 Å². The highest BCUT2D eigenvalue weighted by atomic mass is 16.5. The number of hydrogen-bond acceptors (Lipinski definition) is 5. The maximum absolute atomic E-state index is 5.48. The van der Waals surface area contributed by atoms with Crippen molar-refractivity contribution in [3.8, 4) is 17.0 Å². The fourth-order valence-corrected chi connectivity index (χ4v) is 1.85. The van der Waals surface area contributed by atoms with Gasteiger partial charge in [0.1, 0.15) is 17.4 Å². The predicted molar refractivity (Wildman–Crippen MR) is 76.3 cm³/mol. The Hall–Kier alpha value is -2.14. The minimum absolute atomic E-state index is 0.563. The number of benzene rings is 1. The Morgan fingerprint density at radius 2 is 2.05 bits per heavy atom. The maximum Gasteiger partial charge on any atom is 0.130 e. The first-order chi connectivity index (χ1) is 9.24. The molecule has 0 radical (unpaired) electrons. The SMILES string of the molecule is COc1ccccc1-c1cc(NCCN)nc(C)n1. The second kappa shape index (κ2) is 6.15. The second-order valence-corrected chi connectivity index (χ2v) is 4.10. The molecule has 3 N–H and O–H groups in total. The molecule has 0 aliphatic heterocycles. The summed E-state index contributed by atoms with van der Waals surface area (Å²) >= 11 is 0. The van der Waals surface area contributed by atoms with Crippen LogP contribution in [0.2, 0.25) is 0 Å². The average molecular weight is 258 g/mol. The predicted octanol–water partition coefficient (Wildman–Crippen LogP) is 1.83. The van der Waals surface area contributed by atoms with Gasteiger partial charge in [-0.05, 0) is 19.1 Å². The van der Waals surface area contributed by atoms with Gasteiger partial charge in [0.25, 0.3) is 0 Å².